The molecular formula is C20H38N4O2. The molecule has 0 bridgehead atoms. The van der Waals surface area contributed by atoms with Crippen molar-refractivity contribution in [1.29, 1.82) is 0 Å². The van der Waals surface area contributed by atoms with Gasteiger partial charge in [0, 0.05) is 51.9 Å². The van der Waals surface area contributed by atoms with Gasteiger partial charge in [0.1, 0.15) is 0 Å². The van der Waals surface area contributed by atoms with Crippen LogP contribution in [-0.4, -0.2) is 87.0 Å². The largest absolute Gasteiger partial charge is 0.379 e. The third kappa shape index (κ3) is 6.10. The highest BCUT2D eigenvalue weighted by Gasteiger charge is 2.30. The van der Waals surface area contributed by atoms with E-state index in [1.807, 2.05) is 0 Å². The first-order valence-electron chi connectivity index (χ1n) is 10.8. The maximum Gasteiger partial charge on any atom is 0.193 e. The summed E-state index contributed by atoms with van der Waals surface area (Å²) < 4.78 is 11.5. The standard InChI is InChI=1S/C20H38N4O2/c1-2-21-20(22-10-6-14-26-19-7-4-3-5-8-19)24-11-9-18(17-24)23-12-15-25-16-13-23/h18-19H,2-17H2,1H3,(H,21,22). The Morgan fingerprint density at radius 3 is 2.69 bits per heavy atom. The van der Waals surface area contributed by atoms with Gasteiger partial charge in [0.05, 0.1) is 19.3 Å². The second-order valence-electron chi connectivity index (χ2n) is 7.76. The van der Waals surface area contributed by atoms with Crippen LogP contribution in [-0.2, 0) is 9.47 Å². The summed E-state index contributed by atoms with van der Waals surface area (Å²) in [4.78, 5) is 9.89. The second-order valence-corrected chi connectivity index (χ2v) is 7.76. The fourth-order valence-corrected chi connectivity index (χ4v) is 4.33. The van der Waals surface area contributed by atoms with Gasteiger partial charge in [-0.1, -0.05) is 19.3 Å². The number of nitrogens with zero attached hydrogens (tertiary/aromatic N) is 3. The Labute approximate surface area is 159 Å². The quantitative estimate of drug-likeness (QED) is 0.425. The zero-order valence-corrected chi connectivity index (χ0v) is 16.6. The number of ether oxygens (including phenoxy) is 2. The van der Waals surface area contributed by atoms with Gasteiger partial charge in [0.2, 0.25) is 0 Å². The maximum atomic E-state index is 6.02. The summed E-state index contributed by atoms with van der Waals surface area (Å²) in [6.45, 7) is 10.9. The van der Waals surface area contributed by atoms with Crippen molar-refractivity contribution in [2.24, 2.45) is 4.99 Å². The van der Waals surface area contributed by atoms with Crippen LogP contribution in [0, 0.1) is 0 Å². The van der Waals surface area contributed by atoms with Crippen LogP contribution in [0.15, 0.2) is 4.99 Å². The second kappa shape index (κ2) is 11.1. The first kappa shape index (κ1) is 19.9. The van der Waals surface area contributed by atoms with Gasteiger partial charge in [-0.2, -0.15) is 0 Å². The number of likely N-dealkylation sites (tertiary alicyclic amines) is 1. The lowest BCUT2D eigenvalue weighted by Crippen LogP contribution is -2.46. The molecule has 0 amide bonds. The van der Waals surface area contributed by atoms with E-state index in [2.05, 4.69) is 22.0 Å². The molecule has 6 heteroatoms. The van der Waals surface area contributed by atoms with Gasteiger partial charge in [0.15, 0.2) is 5.96 Å². The molecule has 1 atom stereocenters. The molecule has 1 saturated carbocycles. The van der Waals surface area contributed by atoms with Crippen LogP contribution in [0.3, 0.4) is 0 Å². The monoisotopic (exact) mass is 366 g/mol. The van der Waals surface area contributed by atoms with E-state index in [0.717, 1.165) is 71.5 Å². The average molecular weight is 367 g/mol. The van der Waals surface area contributed by atoms with Crippen molar-refractivity contribution in [3.8, 4) is 0 Å². The molecular weight excluding hydrogens is 328 g/mol. The Morgan fingerprint density at radius 1 is 1.12 bits per heavy atom. The molecule has 2 heterocycles. The summed E-state index contributed by atoms with van der Waals surface area (Å²) in [5.41, 5.74) is 0. The molecule has 0 aromatic rings. The number of guanidine groups is 1. The number of hydrogen-bond donors (Lipinski definition) is 1. The molecule has 0 spiro atoms. The van der Waals surface area contributed by atoms with Crippen LogP contribution in [0.2, 0.25) is 0 Å². The normalized spacial score (nSPS) is 26.4. The van der Waals surface area contributed by atoms with E-state index in [1.165, 1.54) is 38.5 Å². The number of hydrogen-bond acceptors (Lipinski definition) is 4. The van der Waals surface area contributed by atoms with Gasteiger partial charge in [-0.3, -0.25) is 9.89 Å². The Morgan fingerprint density at radius 2 is 1.92 bits per heavy atom. The zero-order chi connectivity index (χ0) is 18.0. The van der Waals surface area contributed by atoms with Gasteiger partial charge in [-0.05, 0) is 32.6 Å². The van der Waals surface area contributed by atoms with E-state index >= 15 is 0 Å². The molecule has 26 heavy (non-hydrogen) atoms. The fourth-order valence-electron chi connectivity index (χ4n) is 4.33. The SMILES string of the molecule is CCNC(=NCCCOC1CCCCC1)N1CCC(N2CCOCC2)C1. The highest BCUT2D eigenvalue weighted by atomic mass is 16.5. The van der Waals surface area contributed by atoms with Gasteiger partial charge >= 0.3 is 0 Å². The van der Waals surface area contributed by atoms with Crippen LogP contribution in [0.25, 0.3) is 0 Å². The summed E-state index contributed by atoms with van der Waals surface area (Å²) >= 11 is 0. The smallest absolute Gasteiger partial charge is 0.193 e. The number of aliphatic imine (C=N–C) groups is 1. The maximum absolute atomic E-state index is 6.02. The summed E-state index contributed by atoms with van der Waals surface area (Å²) in [5.74, 6) is 1.08. The van der Waals surface area contributed by atoms with E-state index in [9.17, 15) is 0 Å². The highest BCUT2D eigenvalue weighted by molar-refractivity contribution is 5.80. The summed E-state index contributed by atoms with van der Waals surface area (Å²) in [6, 6.07) is 0.650. The minimum atomic E-state index is 0.508. The van der Waals surface area contributed by atoms with Crippen molar-refractivity contribution >= 4 is 5.96 Å². The van der Waals surface area contributed by atoms with Crippen LogP contribution in [0.1, 0.15) is 51.9 Å². The van der Waals surface area contributed by atoms with Crippen molar-refractivity contribution in [2.75, 3.05) is 59.1 Å². The molecule has 2 aliphatic heterocycles. The summed E-state index contributed by atoms with van der Waals surface area (Å²) in [5, 5.41) is 3.48. The van der Waals surface area contributed by atoms with Gasteiger partial charge in [0.25, 0.3) is 0 Å². The highest BCUT2D eigenvalue weighted by Crippen LogP contribution is 2.20. The van der Waals surface area contributed by atoms with E-state index < -0.39 is 0 Å². The molecule has 150 valence electrons. The van der Waals surface area contributed by atoms with Gasteiger partial charge < -0.3 is 19.7 Å². The lowest BCUT2D eigenvalue weighted by Gasteiger charge is -2.32. The van der Waals surface area contributed by atoms with Gasteiger partial charge in [-0.25, -0.2) is 0 Å². The fraction of sp³-hybridized carbons (Fsp3) is 0.950. The molecule has 2 saturated heterocycles. The van der Waals surface area contributed by atoms with Crippen molar-refractivity contribution in [2.45, 2.75) is 64.0 Å². The zero-order valence-electron chi connectivity index (χ0n) is 16.6. The van der Waals surface area contributed by atoms with Crippen molar-refractivity contribution in [3.63, 3.8) is 0 Å². The molecule has 0 aromatic carbocycles. The average Bonchev–Trinajstić information content (AvgIpc) is 3.18. The van der Waals surface area contributed by atoms with E-state index in [4.69, 9.17) is 14.5 Å². The third-order valence-corrected chi connectivity index (χ3v) is 5.83. The Kier molecular flexibility index (Phi) is 8.49. The minimum Gasteiger partial charge on any atom is -0.379 e. The molecule has 6 nitrogen and oxygen atoms in total. The Bertz CT molecular complexity index is 420. The molecule has 0 aromatic heterocycles. The molecule has 1 aliphatic carbocycles. The lowest BCUT2D eigenvalue weighted by atomic mass is 9.98. The molecule has 1 N–H and O–H groups in total. The molecule has 3 fully saturated rings. The van der Waals surface area contributed by atoms with Crippen molar-refractivity contribution in [3.05, 3.63) is 0 Å². The van der Waals surface area contributed by atoms with E-state index in [1.54, 1.807) is 0 Å². The van der Waals surface area contributed by atoms with Gasteiger partial charge in [-0.15, -0.1) is 0 Å². The molecule has 0 radical (unpaired) electrons. The predicted octanol–water partition coefficient (Wildman–Crippen LogP) is 2.10. The number of nitrogens with one attached hydrogen (secondary N) is 1. The van der Waals surface area contributed by atoms with Crippen LogP contribution < -0.4 is 5.32 Å². The van der Waals surface area contributed by atoms with E-state index in [0.29, 0.717) is 12.1 Å². The van der Waals surface area contributed by atoms with Crippen LogP contribution >= 0.6 is 0 Å². The molecule has 1 unspecified atom stereocenters. The Balaban J connectivity index is 1.39. The van der Waals surface area contributed by atoms with Crippen LogP contribution in [0.5, 0.6) is 0 Å². The predicted molar refractivity (Wildman–Crippen MR) is 106 cm³/mol. The third-order valence-electron chi connectivity index (χ3n) is 5.83. The first-order valence-corrected chi connectivity index (χ1v) is 10.8. The minimum absolute atomic E-state index is 0.508. The topological polar surface area (TPSA) is 49.3 Å². The van der Waals surface area contributed by atoms with Crippen LogP contribution in [0.4, 0.5) is 0 Å². The molecule has 3 aliphatic rings. The Hall–Kier alpha value is -0.850. The van der Waals surface area contributed by atoms with Crippen molar-refractivity contribution < 1.29 is 9.47 Å². The van der Waals surface area contributed by atoms with Crippen molar-refractivity contribution in [1.82, 2.24) is 15.1 Å². The summed E-state index contributed by atoms with van der Waals surface area (Å²) in [6.07, 6.45) is 9.33. The van der Waals surface area contributed by atoms with E-state index in [-0.39, 0.29) is 0 Å². The number of morpholine rings is 1. The summed E-state index contributed by atoms with van der Waals surface area (Å²) in [7, 11) is 0. The first-order chi connectivity index (χ1) is 12.9. The lowest BCUT2D eigenvalue weighted by molar-refractivity contribution is 0.0194. The number of rotatable bonds is 7. The molecule has 3 rings (SSSR count).